The Bertz CT molecular complexity index is 964. The normalized spacial score (nSPS) is 57.6. The Morgan fingerprint density at radius 1 is 1.00 bits per heavy atom. The van der Waals surface area contributed by atoms with E-state index < -0.39 is 23.3 Å². The molecule has 0 radical (unpaired) electrons. The Morgan fingerprint density at radius 3 is 2.26 bits per heavy atom. The van der Waals surface area contributed by atoms with Gasteiger partial charge in [0.1, 0.15) is 6.10 Å². The van der Waals surface area contributed by atoms with Crippen LogP contribution in [0, 0.1) is 51.2 Å². The summed E-state index contributed by atoms with van der Waals surface area (Å²) in [6.07, 6.45) is 5.05. The van der Waals surface area contributed by atoms with Gasteiger partial charge >= 0.3 is 0 Å². The van der Waals surface area contributed by atoms with Crippen molar-refractivity contribution in [2.45, 2.75) is 142 Å². The van der Waals surface area contributed by atoms with E-state index in [9.17, 15) is 15.3 Å². The summed E-state index contributed by atoms with van der Waals surface area (Å²) >= 11 is 0. The van der Waals surface area contributed by atoms with Gasteiger partial charge in [-0.05, 0) is 117 Å². The molecule has 2 spiro atoms. The third kappa shape index (κ3) is 2.96. The molecule has 0 aromatic carbocycles. The molecule has 14 atom stereocenters. The molecule has 1 heterocycles. The maximum Gasteiger partial charge on any atom is 0.112 e. The molecular formula is C32H55NO5. The monoisotopic (exact) mass is 533 g/mol. The first-order valence-electron chi connectivity index (χ1n) is 15.7. The van der Waals surface area contributed by atoms with E-state index in [1.54, 1.807) is 13.8 Å². The first kappa shape index (κ1) is 27.9. The molecule has 0 unspecified atom stereocenters. The Morgan fingerprint density at radius 2 is 1.63 bits per heavy atom. The zero-order valence-corrected chi connectivity index (χ0v) is 25.2. The highest BCUT2D eigenvalue weighted by molar-refractivity contribution is 5.37. The first-order chi connectivity index (χ1) is 17.6. The SMILES string of the molecule is CCO[C@@H]([C@H]1C[C@@H](C)[C@H]2[C@H](O1)[C@H](O)[C@@]1(N)[C@@H]3CC[C@H]4C(C)(C)[C@@H](O)CC[C@@]45[C@@H](C)[C@@]35CC[C@]21C)C(C)(C)O. The average Bonchev–Trinajstić information content (AvgIpc) is 3.30. The highest BCUT2D eigenvalue weighted by Crippen LogP contribution is 2.90. The van der Waals surface area contributed by atoms with Crippen molar-refractivity contribution in [1.82, 2.24) is 0 Å². The average molecular weight is 534 g/mol. The van der Waals surface area contributed by atoms with E-state index in [-0.39, 0.29) is 51.8 Å². The Kier molecular flexibility index (Phi) is 6.01. The van der Waals surface area contributed by atoms with E-state index in [0.29, 0.717) is 24.4 Å². The van der Waals surface area contributed by atoms with Gasteiger partial charge in [-0.15, -0.1) is 0 Å². The van der Waals surface area contributed by atoms with Gasteiger partial charge in [0.15, 0.2) is 0 Å². The zero-order valence-electron chi connectivity index (χ0n) is 25.2. The zero-order chi connectivity index (χ0) is 27.8. The van der Waals surface area contributed by atoms with Crippen LogP contribution in [0.1, 0.15) is 100 Å². The van der Waals surface area contributed by atoms with E-state index in [2.05, 4.69) is 34.6 Å². The van der Waals surface area contributed by atoms with Crippen molar-refractivity contribution in [1.29, 1.82) is 0 Å². The van der Waals surface area contributed by atoms with Crippen LogP contribution in [0.3, 0.4) is 0 Å². The number of hydrogen-bond donors (Lipinski definition) is 4. The van der Waals surface area contributed by atoms with E-state index in [1.807, 2.05) is 6.92 Å². The summed E-state index contributed by atoms with van der Waals surface area (Å²) in [4.78, 5) is 0. The van der Waals surface area contributed by atoms with Crippen LogP contribution in [-0.4, -0.2) is 63.6 Å². The van der Waals surface area contributed by atoms with Gasteiger partial charge in [0.05, 0.1) is 35.6 Å². The van der Waals surface area contributed by atoms with Gasteiger partial charge in [0.25, 0.3) is 0 Å². The molecule has 5 aliphatic carbocycles. The van der Waals surface area contributed by atoms with Crippen LogP contribution < -0.4 is 5.73 Å². The quantitative estimate of drug-likeness (QED) is 0.430. The van der Waals surface area contributed by atoms with Crippen LogP contribution in [0.25, 0.3) is 0 Å². The van der Waals surface area contributed by atoms with E-state index in [4.69, 9.17) is 15.2 Å². The summed E-state index contributed by atoms with van der Waals surface area (Å²) in [6.45, 7) is 17.8. The van der Waals surface area contributed by atoms with Crippen molar-refractivity contribution in [2.75, 3.05) is 6.61 Å². The summed E-state index contributed by atoms with van der Waals surface area (Å²) in [6, 6.07) is 0. The molecule has 0 aromatic heterocycles. The second-order valence-corrected chi connectivity index (χ2v) is 16.1. The molecular weight excluding hydrogens is 478 g/mol. The summed E-state index contributed by atoms with van der Waals surface area (Å²) in [5, 5.41) is 34.2. The maximum absolute atomic E-state index is 12.3. The molecule has 0 amide bonds. The van der Waals surface area contributed by atoms with Crippen LogP contribution in [0.4, 0.5) is 0 Å². The molecule has 0 aromatic rings. The lowest BCUT2D eigenvalue weighted by Gasteiger charge is -2.63. The van der Waals surface area contributed by atoms with Crippen molar-refractivity contribution in [3.63, 3.8) is 0 Å². The fourth-order valence-corrected chi connectivity index (χ4v) is 12.8. The van der Waals surface area contributed by atoms with Gasteiger partial charge in [0, 0.05) is 6.61 Å². The Balaban J connectivity index is 1.37. The highest BCUT2D eigenvalue weighted by atomic mass is 16.6. The van der Waals surface area contributed by atoms with Crippen LogP contribution in [0.2, 0.25) is 0 Å². The predicted octanol–water partition coefficient (Wildman–Crippen LogP) is 4.27. The second kappa shape index (κ2) is 8.19. The number of aliphatic hydroxyl groups excluding tert-OH is 2. The van der Waals surface area contributed by atoms with Gasteiger partial charge in [0.2, 0.25) is 0 Å². The molecule has 6 heteroatoms. The molecule has 6 rings (SSSR count). The molecule has 6 aliphatic rings. The molecule has 6 fully saturated rings. The number of nitrogens with two attached hydrogens (primary N) is 1. The van der Waals surface area contributed by atoms with Crippen molar-refractivity contribution in [3.05, 3.63) is 0 Å². The van der Waals surface area contributed by atoms with E-state index in [0.717, 1.165) is 38.5 Å². The molecule has 1 saturated heterocycles. The number of aliphatic hydroxyl groups is 3. The maximum atomic E-state index is 12.3. The minimum Gasteiger partial charge on any atom is -0.393 e. The lowest BCUT2D eigenvalue weighted by atomic mass is 9.43. The minimum absolute atomic E-state index is 0.0813. The Hall–Kier alpha value is -0.240. The van der Waals surface area contributed by atoms with Crippen LogP contribution in [-0.2, 0) is 9.47 Å². The van der Waals surface area contributed by atoms with E-state index in [1.165, 1.54) is 6.42 Å². The molecule has 1 aliphatic heterocycles. The topological polar surface area (TPSA) is 105 Å². The first-order valence-corrected chi connectivity index (χ1v) is 15.7. The predicted molar refractivity (Wildman–Crippen MR) is 147 cm³/mol. The lowest BCUT2D eigenvalue weighted by molar-refractivity contribution is -0.214. The van der Waals surface area contributed by atoms with Gasteiger partial charge in [-0.1, -0.05) is 34.6 Å². The summed E-state index contributed by atoms with van der Waals surface area (Å²) in [5.74, 6) is 1.85. The van der Waals surface area contributed by atoms with Crippen LogP contribution in [0.5, 0.6) is 0 Å². The largest absolute Gasteiger partial charge is 0.393 e. The fourth-order valence-electron chi connectivity index (χ4n) is 12.8. The molecule has 5 saturated carbocycles. The second-order valence-electron chi connectivity index (χ2n) is 16.1. The standard InChI is InChI=1S/C32H55NO5/c1-9-37-26(28(6,7)36)19-16-17(2)23-24(38-19)25(35)32(33)21-11-10-20-27(4,5)22(34)12-13-30(20)18(3)31(21,30)15-14-29(23,32)8/h17-26,34-36H,9-16,33H2,1-8H3/t17-,18-,19-,20+,21-,22+,23+,24+,25+,26+,29-,30-,31+,32+/m1/s1. The van der Waals surface area contributed by atoms with Crippen molar-refractivity contribution in [3.8, 4) is 0 Å². The van der Waals surface area contributed by atoms with Crippen LogP contribution in [0.15, 0.2) is 0 Å². The molecule has 6 nitrogen and oxygen atoms in total. The molecule has 0 bridgehead atoms. The van der Waals surface area contributed by atoms with Gasteiger partial charge in [-0.2, -0.15) is 0 Å². The highest BCUT2D eigenvalue weighted by Gasteiger charge is 2.88. The van der Waals surface area contributed by atoms with Gasteiger partial charge < -0.3 is 30.5 Å². The summed E-state index contributed by atoms with van der Waals surface area (Å²) < 4.78 is 12.9. The number of hydrogen-bond acceptors (Lipinski definition) is 6. The number of ether oxygens (including phenoxy) is 2. The van der Waals surface area contributed by atoms with Crippen molar-refractivity contribution < 1.29 is 24.8 Å². The molecule has 38 heavy (non-hydrogen) atoms. The van der Waals surface area contributed by atoms with Crippen molar-refractivity contribution in [2.24, 2.45) is 57.0 Å². The summed E-state index contributed by atoms with van der Waals surface area (Å²) in [5.41, 5.74) is 6.07. The smallest absolute Gasteiger partial charge is 0.112 e. The summed E-state index contributed by atoms with van der Waals surface area (Å²) in [7, 11) is 0. The van der Waals surface area contributed by atoms with E-state index >= 15 is 0 Å². The lowest BCUT2D eigenvalue weighted by Crippen LogP contribution is -2.70. The minimum atomic E-state index is -1.04. The number of fused-ring (bicyclic) bond motifs is 4. The molecule has 5 N–H and O–H groups in total. The van der Waals surface area contributed by atoms with Crippen LogP contribution >= 0.6 is 0 Å². The Labute approximate surface area is 230 Å². The third-order valence-electron chi connectivity index (χ3n) is 14.3. The van der Waals surface area contributed by atoms with Gasteiger partial charge in [-0.3, -0.25) is 0 Å². The molecule has 218 valence electrons. The fraction of sp³-hybridized carbons (Fsp3) is 1.00. The van der Waals surface area contributed by atoms with Crippen molar-refractivity contribution >= 4 is 0 Å². The third-order valence-corrected chi connectivity index (χ3v) is 14.3. The number of rotatable bonds is 4. The van der Waals surface area contributed by atoms with Gasteiger partial charge in [-0.25, -0.2) is 0 Å².